The minimum absolute atomic E-state index is 0.00119. The van der Waals surface area contributed by atoms with Gasteiger partial charge >= 0.3 is 0 Å². The number of ether oxygens (including phenoxy) is 1. The van der Waals surface area contributed by atoms with E-state index in [1.807, 2.05) is 30.3 Å². The van der Waals surface area contributed by atoms with Crippen LogP contribution in [0.3, 0.4) is 0 Å². The zero-order valence-corrected chi connectivity index (χ0v) is 15.1. The largest absolute Gasteiger partial charge is 0.381 e. The van der Waals surface area contributed by atoms with Gasteiger partial charge in [-0.2, -0.15) is 5.10 Å². The lowest BCUT2D eigenvalue weighted by Gasteiger charge is -2.17. The van der Waals surface area contributed by atoms with Gasteiger partial charge in [0.05, 0.1) is 5.69 Å². The summed E-state index contributed by atoms with van der Waals surface area (Å²) in [6.45, 7) is 1.48. The first-order valence-electron chi connectivity index (χ1n) is 8.85. The van der Waals surface area contributed by atoms with Crippen LogP contribution in [0.15, 0.2) is 55.1 Å². The molecule has 0 unspecified atom stereocenters. The van der Waals surface area contributed by atoms with E-state index in [1.54, 1.807) is 23.0 Å². The molecule has 7 heteroatoms. The van der Waals surface area contributed by atoms with Crippen LogP contribution >= 0.6 is 0 Å². The van der Waals surface area contributed by atoms with Gasteiger partial charge in [-0.05, 0) is 41.8 Å². The van der Waals surface area contributed by atoms with Gasteiger partial charge in [0, 0.05) is 31.6 Å². The number of fused-ring (bicyclic) bond motifs is 1. The molecule has 2 aromatic carbocycles. The molecule has 0 aliphatic carbocycles. The molecule has 1 amide bonds. The Labute approximate surface area is 157 Å². The van der Waals surface area contributed by atoms with Crippen LogP contribution in [0.5, 0.6) is 0 Å². The number of rotatable bonds is 6. The number of amides is 1. The Kier molecular flexibility index (Phi) is 4.84. The van der Waals surface area contributed by atoms with E-state index >= 15 is 0 Å². The summed E-state index contributed by atoms with van der Waals surface area (Å²) in [5.74, 6) is -0.00119. The number of para-hydroxylation sites is 1. The Morgan fingerprint density at radius 3 is 2.93 bits per heavy atom. The van der Waals surface area contributed by atoms with Crippen LogP contribution in [0.1, 0.15) is 11.1 Å². The fourth-order valence-electron chi connectivity index (χ4n) is 3.39. The fraction of sp³-hybridized carbons (Fsp3) is 0.250. The summed E-state index contributed by atoms with van der Waals surface area (Å²) in [6.07, 6.45) is 4.08. The van der Waals surface area contributed by atoms with Gasteiger partial charge in [0.2, 0.25) is 0 Å². The number of nitrogens with one attached hydrogen (secondary N) is 1. The van der Waals surface area contributed by atoms with Gasteiger partial charge in [0.15, 0.2) is 0 Å². The summed E-state index contributed by atoms with van der Waals surface area (Å²) in [7, 11) is 1.54. The fourth-order valence-corrected chi connectivity index (χ4v) is 3.39. The molecule has 0 bridgehead atoms. The number of carbonyl (C=O) groups is 1. The van der Waals surface area contributed by atoms with E-state index in [4.69, 9.17) is 4.74 Å². The van der Waals surface area contributed by atoms with Crippen LogP contribution < -0.4 is 10.2 Å². The molecule has 0 saturated carbocycles. The lowest BCUT2D eigenvalue weighted by molar-refractivity contribution is -0.122. The van der Waals surface area contributed by atoms with E-state index in [2.05, 4.69) is 27.5 Å². The highest BCUT2D eigenvalue weighted by molar-refractivity contribution is 5.96. The summed E-state index contributed by atoms with van der Waals surface area (Å²) in [6, 6.07) is 14.2. The molecule has 0 saturated heterocycles. The van der Waals surface area contributed by atoms with Crippen molar-refractivity contribution in [1.29, 1.82) is 0 Å². The maximum Gasteiger partial charge on any atom is 0.252 e. The summed E-state index contributed by atoms with van der Waals surface area (Å²) in [5.41, 5.74) is 5.31. The number of carbonyl (C=O) groups excluding carboxylic acids is 1. The van der Waals surface area contributed by atoms with E-state index in [-0.39, 0.29) is 12.5 Å². The highest BCUT2D eigenvalue weighted by atomic mass is 16.5. The van der Waals surface area contributed by atoms with E-state index in [9.17, 15) is 4.79 Å². The molecule has 1 aliphatic heterocycles. The highest BCUT2D eigenvalue weighted by Crippen LogP contribution is 2.31. The average molecular weight is 363 g/mol. The molecular formula is C20H21N5O2. The van der Waals surface area contributed by atoms with Gasteiger partial charge in [-0.3, -0.25) is 4.79 Å². The topological polar surface area (TPSA) is 72.3 Å². The lowest BCUT2D eigenvalue weighted by atomic mass is 10.1. The molecule has 0 fully saturated rings. The van der Waals surface area contributed by atoms with Crippen molar-refractivity contribution in [3.63, 3.8) is 0 Å². The molecule has 27 heavy (non-hydrogen) atoms. The Morgan fingerprint density at radius 2 is 2.11 bits per heavy atom. The normalized spacial score (nSPS) is 12.9. The molecule has 1 aliphatic rings. The number of aromatic nitrogens is 3. The van der Waals surface area contributed by atoms with Crippen molar-refractivity contribution in [2.45, 2.75) is 13.0 Å². The van der Waals surface area contributed by atoms with Crippen molar-refractivity contribution in [3.8, 4) is 5.69 Å². The van der Waals surface area contributed by atoms with Gasteiger partial charge in [0.25, 0.3) is 5.91 Å². The number of nitrogens with zero attached hydrogens (tertiary/aromatic N) is 4. The van der Waals surface area contributed by atoms with Crippen LogP contribution in [-0.2, 0) is 22.5 Å². The van der Waals surface area contributed by atoms with Gasteiger partial charge in [-0.25, -0.2) is 9.67 Å². The molecule has 0 radical (unpaired) electrons. The predicted molar refractivity (Wildman–Crippen MR) is 103 cm³/mol. The monoisotopic (exact) mass is 363 g/mol. The van der Waals surface area contributed by atoms with Gasteiger partial charge in [-0.15, -0.1) is 0 Å². The minimum Gasteiger partial charge on any atom is -0.381 e. The van der Waals surface area contributed by atoms with E-state index in [0.717, 1.165) is 29.0 Å². The summed E-state index contributed by atoms with van der Waals surface area (Å²) < 4.78 is 6.73. The first-order valence-corrected chi connectivity index (χ1v) is 8.85. The second kappa shape index (κ2) is 7.59. The van der Waals surface area contributed by atoms with E-state index in [0.29, 0.717) is 13.1 Å². The number of methoxy groups -OCH3 is 1. The molecule has 3 aromatic rings. The lowest BCUT2D eigenvalue weighted by Crippen LogP contribution is -2.31. The summed E-state index contributed by atoms with van der Waals surface area (Å²) in [4.78, 5) is 17.9. The maximum atomic E-state index is 12.1. The minimum atomic E-state index is -0.00119. The molecule has 0 spiro atoms. The highest BCUT2D eigenvalue weighted by Gasteiger charge is 2.24. The zero-order chi connectivity index (χ0) is 18.6. The zero-order valence-electron chi connectivity index (χ0n) is 15.1. The third-order valence-corrected chi connectivity index (χ3v) is 4.68. The molecule has 0 atom stereocenters. The second-order valence-corrected chi connectivity index (χ2v) is 6.39. The van der Waals surface area contributed by atoms with Crippen LogP contribution in [-0.4, -0.2) is 40.9 Å². The molecule has 2 heterocycles. The molecule has 7 nitrogen and oxygen atoms in total. The van der Waals surface area contributed by atoms with Gasteiger partial charge in [-0.1, -0.05) is 18.2 Å². The Morgan fingerprint density at radius 1 is 1.22 bits per heavy atom. The van der Waals surface area contributed by atoms with Crippen molar-refractivity contribution >= 4 is 17.3 Å². The molecule has 1 aromatic heterocycles. The molecule has 138 valence electrons. The standard InChI is InChI=1S/C20H21N5O2/c1-27-12-20(26)24-9-8-15-10-17(6-7-18(15)24)22-11-16-4-2-3-5-19(16)25-14-21-13-23-25/h2-7,10,13-14,22H,8-9,11-12H2,1H3. The average Bonchev–Trinajstić information content (AvgIpc) is 3.36. The first-order chi connectivity index (χ1) is 13.3. The van der Waals surface area contributed by atoms with E-state index in [1.165, 1.54) is 11.9 Å². The summed E-state index contributed by atoms with van der Waals surface area (Å²) in [5, 5.41) is 7.69. The Balaban J connectivity index is 1.49. The predicted octanol–water partition coefficient (Wildman–Crippen LogP) is 2.41. The molecular weight excluding hydrogens is 342 g/mol. The first kappa shape index (κ1) is 17.2. The quantitative estimate of drug-likeness (QED) is 0.728. The number of hydrogen-bond donors (Lipinski definition) is 1. The Hall–Kier alpha value is -3.19. The molecule has 1 N–H and O–H groups in total. The number of anilines is 2. The third-order valence-electron chi connectivity index (χ3n) is 4.68. The maximum absolute atomic E-state index is 12.1. The SMILES string of the molecule is COCC(=O)N1CCc2cc(NCc3ccccc3-n3cncn3)ccc21. The summed E-state index contributed by atoms with van der Waals surface area (Å²) >= 11 is 0. The smallest absolute Gasteiger partial charge is 0.252 e. The van der Waals surface area contributed by atoms with Crippen molar-refractivity contribution < 1.29 is 9.53 Å². The molecule has 4 rings (SSSR count). The number of hydrogen-bond acceptors (Lipinski definition) is 5. The van der Waals surface area contributed by atoms with Crippen molar-refractivity contribution in [1.82, 2.24) is 14.8 Å². The van der Waals surface area contributed by atoms with Gasteiger partial charge in [0.1, 0.15) is 19.3 Å². The Bertz CT molecular complexity index is 939. The third kappa shape index (κ3) is 3.54. The second-order valence-electron chi connectivity index (χ2n) is 6.39. The van der Waals surface area contributed by atoms with Crippen molar-refractivity contribution in [3.05, 3.63) is 66.2 Å². The van der Waals surface area contributed by atoms with E-state index < -0.39 is 0 Å². The number of benzene rings is 2. The van der Waals surface area contributed by atoms with Crippen LogP contribution in [0.4, 0.5) is 11.4 Å². The van der Waals surface area contributed by atoms with Crippen LogP contribution in [0, 0.1) is 0 Å². The van der Waals surface area contributed by atoms with Crippen molar-refractivity contribution in [2.75, 3.05) is 30.5 Å². The van der Waals surface area contributed by atoms with Crippen molar-refractivity contribution in [2.24, 2.45) is 0 Å². The van der Waals surface area contributed by atoms with Gasteiger partial charge < -0.3 is 15.0 Å². The van der Waals surface area contributed by atoms with Crippen LogP contribution in [0.25, 0.3) is 5.69 Å². The van der Waals surface area contributed by atoms with Crippen LogP contribution in [0.2, 0.25) is 0 Å².